The molecule has 0 saturated heterocycles. The number of fused-ring (bicyclic) bond motifs is 1. The number of halogens is 4. The van der Waals surface area contributed by atoms with Crippen molar-refractivity contribution in [2.75, 3.05) is 16.8 Å². The summed E-state index contributed by atoms with van der Waals surface area (Å²) in [5, 5.41) is 4.78. The summed E-state index contributed by atoms with van der Waals surface area (Å²) >= 11 is 7.90. The van der Waals surface area contributed by atoms with Gasteiger partial charge in [-0.05, 0) is 42.0 Å². The normalized spacial score (nSPS) is 14.4. The van der Waals surface area contributed by atoms with E-state index >= 15 is 0 Å². The van der Waals surface area contributed by atoms with Crippen molar-refractivity contribution in [1.29, 1.82) is 0 Å². The van der Waals surface area contributed by atoms with E-state index in [0.29, 0.717) is 30.9 Å². The van der Waals surface area contributed by atoms with Gasteiger partial charge in [-0.2, -0.15) is 13.2 Å². The Morgan fingerprint density at radius 2 is 2.16 bits per heavy atom. The summed E-state index contributed by atoms with van der Waals surface area (Å²) in [5.74, 6) is 0. The predicted octanol–water partition coefficient (Wildman–Crippen LogP) is 6.32. The van der Waals surface area contributed by atoms with Crippen molar-refractivity contribution in [2.24, 2.45) is 0 Å². The zero-order chi connectivity index (χ0) is 18.2. The first-order valence-electron chi connectivity index (χ1n) is 7.95. The summed E-state index contributed by atoms with van der Waals surface area (Å²) in [6.45, 7) is 6.81. The highest BCUT2D eigenvalue weighted by molar-refractivity contribution is 7.10. The van der Waals surface area contributed by atoms with Crippen molar-refractivity contribution >= 4 is 34.3 Å². The van der Waals surface area contributed by atoms with E-state index in [9.17, 15) is 13.2 Å². The summed E-state index contributed by atoms with van der Waals surface area (Å²) in [6.07, 6.45) is -3.15. The third kappa shape index (κ3) is 3.80. The molecule has 1 aromatic heterocycles. The molecule has 0 saturated carbocycles. The molecule has 2 nitrogen and oxygen atoms in total. The molecule has 0 aliphatic carbocycles. The first-order valence-corrected chi connectivity index (χ1v) is 9.21. The summed E-state index contributed by atoms with van der Waals surface area (Å²) in [5.41, 5.74) is 1.25. The fourth-order valence-electron chi connectivity index (χ4n) is 2.86. The molecule has 25 heavy (non-hydrogen) atoms. The van der Waals surface area contributed by atoms with E-state index in [1.807, 2.05) is 23.3 Å². The van der Waals surface area contributed by atoms with E-state index < -0.39 is 11.7 Å². The van der Waals surface area contributed by atoms with Crippen LogP contribution in [-0.2, 0) is 19.1 Å². The maximum absolute atomic E-state index is 13.6. The molecule has 2 heterocycles. The van der Waals surface area contributed by atoms with Gasteiger partial charge in [0, 0.05) is 29.4 Å². The van der Waals surface area contributed by atoms with Gasteiger partial charge in [0.2, 0.25) is 0 Å². The second kappa shape index (κ2) is 6.92. The molecule has 1 aliphatic heterocycles. The van der Waals surface area contributed by atoms with Gasteiger partial charge >= 0.3 is 6.18 Å². The monoisotopic (exact) mass is 386 g/mol. The van der Waals surface area contributed by atoms with E-state index in [2.05, 4.69) is 11.9 Å². The Labute approximate surface area is 153 Å². The van der Waals surface area contributed by atoms with E-state index in [1.54, 1.807) is 17.4 Å². The maximum Gasteiger partial charge on any atom is 0.418 e. The van der Waals surface area contributed by atoms with Crippen molar-refractivity contribution in [2.45, 2.75) is 32.5 Å². The highest BCUT2D eigenvalue weighted by Gasteiger charge is 2.36. The van der Waals surface area contributed by atoms with Crippen molar-refractivity contribution in [3.63, 3.8) is 0 Å². The lowest BCUT2D eigenvalue weighted by atomic mass is 10.1. The Morgan fingerprint density at radius 1 is 1.40 bits per heavy atom. The topological polar surface area (TPSA) is 15.3 Å². The van der Waals surface area contributed by atoms with Crippen LogP contribution in [0, 0.1) is 0 Å². The maximum atomic E-state index is 13.6. The first-order chi connectivity index (χ1) is 11.8. The number of hydrogen-bond donors (Lipinski definition) is 1. The lowest BCUT2D eigenvalue weighted by Crippen LogP contribution is -2.29. The fraction of sp³-hybridized carbons (Fsp3) is 0.333. The van der Waals surface area contributed by atoms with Gasteiger partial charge in [-0.25, -0.2) is 0 Å². The summed E-state index contributed by atoms with van der Waals surface area (Å²) in [4.78, 5) is 3.24. The van der Waals surface area contributed by atoms with Crippen LogP contribution in [0.5, 0.6) is 0 Å². The summed E-state index contributed by atoms with van der Waals surface area (Å²) in [7, 11) is 0. The van der Waals surface area contributed by atoms with Gasteiger partial charge in [-0.3, -0.25) is 0 Å². The number of benzene rings is 1. The molecular weight excluding hydrogens is 369 g/mol. The molecule has 0 radical (unpaired) electrons. The van der Waals surface area contributed by atoms with E-state index in [1.165, 1.54) is 16.5 Å². The van der Waals surface area contributed by atoms with Crippen LogP contribution in [0.25, 0.3) is 0 Å². The van der Waals surface area contributed by atoms with Crippen molar-refractivity contribution in [3.8, 4) is 0 Å². The van der Waals surface area contributed by atoms with Crippen LogP contribution in [0.2, 0.25) is 5.02 Å². The molecule has 134 valence electrons. The summed E-state index contributed by atoms with van der Waals surface area (Å²) in [6, 6.07) is 4.80. The van der Waals surface area contributed by atoms with E-state index in [4.69, 9.17) is 11.6 Å². The average Bonchev–Trinajstić information content (AvgIpc) is 3.02. The molecule has 2 aromatic rings. The number of nitrogens with zero attached hydrogens (tertiary/aromatic N) is 1. The highest BCUT2D eigenvalue weighted by Crippen LogP contribution is 2.43. The van der Waals surface area contributed by atoms with Crippen LogP contribution in [0.4, 0.5) is 24.5 Å². The minimum Gasteiger partial charge on any atom is -0.367 e. The number of alkyl halides is 3. The lowest BCUT2D eigenvalue weighted by Gasteiger charge is -2.30. The predicted molar refractivity (Wildman–Crippen MR) is 98.6 cm³/mol. The van der Waals surface area contributed by atoms with Gasteiger partial charge in [0.05, 0.1) is 16.3 Å². The third-order valence-electron chi connectivity index (χ3n) is 4.28. The standard InChI is InChI=1S/C18H18ClF3N2S/c1-3-11(2)23-17-14(18(20,21)22)8-13(9-15(17)19)24-6-4-16-12(10-24)5-7-25-16/h5,7-9,23H,2-4,6,10H2,1H3. The van der Waals surface area contributed by atoms with Gasteiger partial charge < -0.3 is 10.2 Å². The molecular formula is C18H18ClF3N2S. The van der Waals surface area contributed by atoms with Crippen LogP contribution in [-0.4, -0.2) is 6.54 Å². The number of hydrogen-bond acceptors (Lipinski definition) is 3. The minimum absolute atomic E-state index is 0.0514. The Balaban J connectivity index is 1.99. The van der Waals surface area contributed by atoms with Crippen LogP contribution < -0.4 is 10.2 Å². The van der Waals surface area contributed by atoms with Crippen molar-refractivity contribution in [3.05, 3.63) is 56.9 Å². The number of rotatable bonds is 4. The van der Waals surface area contributed by atoms with E-state index in [-0.39, 0.29) is 10.7 Å². The average molecular weight is 387 g/mol. The molecule has 1 N–H and O–H groups in total. The van der Waals surface area contributed by atoms with Crippen LogP contribution >= 0.6 is 22.9 Å². The zero-order valence-electron chi connectivity index (χ0n) is 13.7. The quantitative estimate of drug-likeness (QED) is 0.661. The second-order valence-electron chi connectivity index (χ2n) is 5.97. The first kappa shape index (κ1) is 18.1. The smallest absolute Gasteiger partial charge is 0.367 e. The molecule has 1 aliphatic rings. The summed E-state index contributed by atoms with van der Waals surface area (Å²) < 4.78 is 40.7. The molecule has 7 heteroatoms. The van der Waals surface area contributed by atoms with E-state index in [0.717, 1.165) is 6.42 Å². The van der Waals surface area contributed by atoms with Gasteiger partial charge in [0.1, 0.15) is 0 Å². The molecule has 0 bridgehead atoms. The molecule has 1 aromatic carbocycles. The largest absolute Gasteiger partial charge is 0.418 e. The number of thiophene rings is 1. The van der Waals surface area contributed by atoms with Crippen LogP contribution in [0.15, 0.2) is 35.9 Å². The molecule has 0 amide bonds. The highest BCUT2D eigenvalue weighted by atomic mass is 35.5. The fourth-order valence-corrected chi connectivity index (χ4v) is 4.01. The molecule has 3 rings (SSSR count). The van der Waals surface area contributed by atoms with Gasteiger partial charge in [0.15, 0.2) is 0 Å². The molecule has 0 fully saturated rings. The number of anilines is 2. The lowest BCUT2D eigenvalue weighted by molar-refractivity contribution is -0.136. The SMILES string of the molecule is C=C(CC)Nc1c(Cl)cc(N2CCc3sccc3C2)cc1C(F)(F)F. The number of nitrogens with one attached hydrogen (secondary N) is 1. The van der Waals surface area contributed by atoms with Crippen LogP contribution in [0.1, 0.15) is 29.3 Å². The Morgan fingerprint density at radius 3 is 2.84 bits per heavy atom. The van der Waals surface area contributed by atoms with Gasteiger partial charge in [-0.15, -0.1) is 11.3 Å². The Kier molecular flexibility index (Phi) is 5.02. The molecule has 0 spiro atoms. The Bertz CT molecular complexity index is 798. The van der Waals surface area contributed by atoms with Crippen molar-refractivity contribution in [1.82, 2.24) is 0 Å². The third-order valence-corrected chi connectivity index (χ3v) is 5.60. The molecule has 0 unspecified atom stereocenters. The van der Waals surface area contributed by atoms with Crippen molar-refractivity contribution < 1.29 is 13.2 Å². The van der Waals surface area contributed by atoms with Crippen LogP contribution in [0.3, 0.4) is 0 Å². The minimum atomic E-state index is -4.50. The molecule has 0 atom stereocenters. The van der Waals surface area contributed by atoms with Gasteiger partial charge in [0.25, 0.3) is 0 Å². The second-order valence-corrected chi connectivity index (χ2v) is 7.38. The van der Waals surface area contributed by atoms with Gasteiger partial charge in [-0.1, -0.05) is 25.1 Å². The Hall–Kier alpha value is -1.66. The number of allylic oxidation sites excluding steroid dienone is 1. The zero-order valence-corrected chi connectivity index (χ0v) is 15.3.